The summed E-state index contributed by atoms with van der Waals surface area (Å²) in [7, 11) is 0. The molecule has 0 atom stereocenters. The molecule has 104 valence electrons. The van der Waals surface area contributed by atoms with Crippen LogP contribution in [0.2, 0.25) is 0 Å². The lowest BCUT2D eigenvalue weighted by Crippen LogP contribution is -2.41. The van der Waals surface area contributed by atoms with Gasteiger partial charge in [0.2, 0.25) is 0 Å². The lowest BCUT2D eigenvalue weighted by Gasteiger charge is -2.26. The second kappa shape index (κ2) is 5.51. The summed E-state index contributed by atoms with van der Waals surface area (Å²) in [6.45, 7) is 6.63. The first-order valence-electron chi connectivity index (χ1n) is 6.74. The quantitative estimate of drug-likeness (QED) is 0.849. The van der Waals surface area contributed by atoms with Gasteiger partial charge in [-0.25, -0.2) is 4.79 Å². The summed E-state index contributed by atoms with van der Waals surface area (Å²) in [6.07, 6.45) is 2.06. The van der Waals surface area contributed by atoms with Crippen molar-refractivity contribution >= 4 is 11.7 Å². The Morgan fingerprint density at radius 2 is 2.26 bits per heavy atom. The molecule has 0 aromatic heterocycles. The van der Waals surface area contributed by atoms with Gasteiger partial charge >= 0.3 is 5.97 Å². The predicted octanol–water partition coefficient (Wildman–Crippen LogP) is 2.77. The Labute approximate surface area is 114 Å². The van der Waals surface area contributed by atoms with Gasteiger partial charge < -0.3 is 14.8 Å². The molecule has 2 rings (SSSR count). The summed E-state index contributed by atoms with van der Waals surface area (Å²) in [5, 5.41) is 3.22. The Balaban J connectivity index is 2.12. The summed E-state index contributed by atoms with van der Waals surface area (Å²) >= 11 is 0. The number of anilines is 1. The monoisotopic (exact) mass is 263 g/mol. The van der Waals surface area contributed by atoms with Crippen LogP contribution < -0.4 is 10.1 Å². The molecule has 1 heterocycles. The van der Waals surface area contributed by atoms with Crippen molar-refractivity contribution in [1.82, 2.24) is 0 Å². The zero-order chi connectivity index (χ0) is 13.9. The third-order valence-electron chi connectivity index (χ3n) is 3.15. The van der Waals surface area contributed by atoms with Gasteiger partial charge in [-0.2, -0.15) is 0 Å². The molecule has 1 aromatic rings. The molecule has 0 spiro atoms. The van der Waals surface area contributed by atoms with Crippen molar-refractivity contribution in [2.45, 2.75) is 39.2 Å². The molecule has 1 aromatic carbocycles. The number of benzene rings is 1. The van der Waals surface area contributed by atoms with Gasteiger partial charge in [0.25, 0.3) is 0 Å². The maximum absolute atomic E-state index is 11.8. The van der Waals surface area contributed by atoms with E-state index in [1.807, 2.05) is 32.9 Å². The number of hydrogen-bond donors (Lipinski definition) is 1. The summed E-state index contributed by atoms with van der Waals surface area (Å²) in [6, 6.07) is 5.94. The average Bonchev–Trinajstić information content (AvgIpc) is 2.38. The van der Waals surface area contributed by atoms with Gasteiger partial charge in [-0.3, -0.25) is 0 Å². The molecule has 1 aliphatic heterocycles. The van der Waals surface area contributed by atoms with E-state index in [0.717, 1.165) is 30.9 Å². The van der Waals surface area contributed by atoms with Crippen LogP contribution in [-0.4, -0.2) is 24.7 Å². The second-order valence-electron chi connectivity index (χ2n) is 5.24. The fourth-order valence-corrected chi connectivity index (χ4v) is 2.16. The molecule has 0 radical (unpaired) electrons. The molecule has 0 aliphatic carbocycles. The minimum Gasteiger partial charge on any atom is -0.493 e. The number of esters is 1. The van der Waals surface area contributed by atoms with Gasteiger partial charge in [-0.1, -0.05) is 0 Å². The van der Waals surface area contributed by atoms with E-state index in [2.05, 4.69) is 11.4 Å². The molecule has 0 fully saturated rings. The summed E-state index contributed by atoms with van der Waals surface area (Å²) in [5.74, 6) is 0.703. The molecule has 4 nitrogen and oxygen atoms in total. The standard InChI is InChI=1S/C15H21NO3/c1-4-18-14(17)15(2,3)16-12-7-8-13-11(10-12)6-5-9-19-13/h7-8,10,16H,4-6,9H2,1-3H3. The van der Waals surface area contributed by atoms with Gasteiger partial charge in [0, 0.05) is 5.69 Å². The van der Waals surface area contributed by atoms with E-state index in [0.29, 0.717) is 6.61 Å². The SMILES string of the molecule is CCOC(=O)C(C)(C)Nc1ccc2c(c1)CCCO2. The van der Waals surface area contributed by atoms with Crippen LogP contribution in [0.5, 0.6) is 5.75 Å². The number of nitrogens with one attached hydrogen (secondary N) is 1. The van der Waals surface area contributed by atoms with Gasteiger partial charge in [-0.05, 0) is 57.4 Å². The maximum Gasteiger partial charge on any atom is 0.331 e. The third-order valence-corrected chi connectivity index (χ3v) is 3.15. The topological polar surface area (TPSA) is 47.6 Å². The van der Waals surface area contributed by atoms with Crippen LogP contribution in [0, 0.1) is 0 Å². The summed E-state index contributed by atoms with van der Waals surface area (Å²) in [5.41, 5.74) is 1.37. The Morgan fingerprint density at radius 1 is 1.47 bits per heavy atom. The molecule has 0 bridgehead atoms. The number of fused-ring (bicyclic) bond motifs is 1. The minimum absolute atomic E-state index is 0.246. The molecule has 0 saturated heterocycles. The van der Waals surface area contributed by atoms with Crippen molar-refractivity contribution in [3.63, 3.8) is 0 Å². The Hall–Kier alpha value is -1.71. The van der Waals surface area contributed by atoms with E-state index in [1.54, 1.807) is 0 Å². The van der Waals surface area contributed by atoms with E-state index >= 15 is 0 Å². The van der Waals surface area contributed by atoms with Gasteiger partial charge in [0.05, 0.1) is 13.2 Å². The normalized spacial score (nSPS) is 14.3. The number of rotatable bonds is 4. The van der Waals surface area contributed by atoms with Gasteiger partial charge in [0.1, 0.15) is 11.3 Å². The van der Waals surface area contributed by atoms with Crippen molar-refractivity contribution in [2.75, 3.05) is 18.5 Å². The highest BCUT2D eigenvalue weighted by Crippen LogP contribution is 2.28. The lowest BCUT2D eigenvalue weighted by molar-refractivity contribution is -0.147. The number of aryl methyl sites for hydroxylation is 1. The first kappa shape index (κ1) is 13.7. The molecule has 4 heteroatoms. The fraction of sp³-hybridized carbons (Fsp3) is 0.533. The number of ether oxygens (including phenoxy) is 2. The number of carbonyl (C=O) groups excluding carboxylic acids is 1. The summed E-state index contributed by atoms with van der Waals surface area (Å²) in [4.78, 5) is 11.8. The van der Waals surface area contributed by atoms with E-state index in [1.165, 1.54) is 5.56 Å². The third kappa shape index (κ3) is 3.19. The van der Waals surface area contributed by atoms with Crippen LogP contribution in [0.15, 0.2) is 18.2 Å². The smallest absolute Gasteiger partial charge is 0.331 e. The Bertz CT molecular complexity index is 468. The van der Waals surface area contributed by atoms with Crippen LogP contribution in [-0.2, 0) is 16.0 Å². The minimum atomic E-state index is -0.736. The molecular formula is C15H21NO3. The van der Waals surface area contributed by atoms with E-state index in [9.17, 15) is 4.79 Å². The summed E-state index contributed by atoms with van der Waals surface area (Å²) < 4.78 is 10.6. The predicted molar refractivity (Wildman–Crippen MR) is 74.6 cm³/mol. The van der Waals surface area contributed by atoms with Crippen molar-refractivity contribution < 1.29 is 14.3 Å². The van der Waals surface area contributed by atoms with E-state index in [4.69, 9.17) is 9.47 Å². The molecular weight excluding hydrogens is 242 g/mol. The number of carbonyl (C=O) groups is 1. The second-order valence-corrected chi connectivity index (χ2v) is 5.24. The molecule has 1 aliphatic rings. The molecule has 0 saturated carbocycles. The van der Waals surface area contributed by atoms with Crippen molar-refractivity contribution in [2.24, 2.45) is 0 Å². The van der Waals surface area contributed by atoms with Gasteiger partial charge in [-0.15, -0.1) is 0 Å². The zero-order valence-corrected chi connectivity index (χ0v) is 11.8. The Morgan fingerprint density at radius 3 is 3.00 bits per heavy atom. The first-order chi connectivity index (χ1) is 9.03. The molecule has 1 N–H and O–H groups in total. The first-order valence-corrected chi connectivity index (χ1v) is 6.74. The van der Waals surface area contributed by atoms with Crippen LogP contribution >= 0.6 is 0 Å². The highest BCUT2D eigenvalue weighted by Gasteiger charge is 2.29. The van der Waals surface area contributed by atoms with E-state index in [-0.39, 0.29) is 5.97 Å². The number of hydrogen-bond acceptors (Lipinski definition) is 4. The van der Waals surface area contributed by atoms with Crippen LogP contribution in [0.25, 0.3) is 0 Å². The highest BCUT2D eigenvalue weighted by molar-refractivity contribution is 5.83. The van der Waals surface area contributed by atoms with E-state index < -0.39 is 5.54 Å². The van der Waals surface area contributed by atoms with Crippen LogP contribution in [0.3, 0.4) is 0 Å². The zero-order valence-electron chi connectivity index (χ0n) is 11.8. The highest BCUT2D eigenvalue weighted by atomic mass is 16.5. The largest absolute Gasteiger partial charge is 0.493 e. The fourth-order valence-electron chi connectivity index (χ4n) is 2.16. The Kier molecular flexibility index (Phi) is 3.98. The van der Waals surface area contributed by atoms with Crippen molar-refractivity contribution in [3.8, 4) is 5.75 Å². The molecule has 19 heavy (non-hydrogen) atoms. The molecule has 0 amide bonds. The average molecular weight is 263 g/mol. The van der Waals surface area contributed by atoms with Gasteiger partial charge in [0.15, 0.2) is 0 Å². The van der Waals surface area contributed by atoms with Crippen LogP contribution in [0.1, 0.15) is 32.8 Å². The van der Waals surface area contributed by atoms with Crippen molar-refractivity contribution in [1.29, 1.82) is 0 Å². The molecule has 0 unspecified atom stereocenters. The van der Waals surface area contributed by atoms with Crippen LogP contribution in [0.4, 0.5) is 5.69 Å². The maximum atomic E-state index is 11.8. The van der Waals surface area contributed by atoms with Crippen molar-refractivity contribution in [3.05, 3.63) is 23.8 Å². The lowest BCUT2D eigenvalue weighted by atomic mass is 10.0.